The van der Waals surface area contributed by atoms with Gasteiger partial charge in [-0.3, -0.25) is 0 Å². The van der Waals surface area contributed by atoms with Gasteiger partial charge in [-0.2, -0.15) is 0 Å². The zero-order valence-corrected chi connectivity index (χ0v) is 23.4. The maximum atomic E-state index is 11.8. The van der Waals surface area contributed by atoms with Crippen molar-refractivity contribution in [3.05, 3.63) is 64.2 Å². The Morgan fingerprint density at radius 2 is 1.53 bits per heavy atom. The molecule has 3 unspecified atom stereocenters. The molecule has 0 saturated heterocycles. The molecule has 0 spiro atoms. The Hall–Kier alpha value is -1.69. The molecule has 2 aromatic rings. The Labute approximate surface area is 210 Å². The summed E-state index contributed by atoms with van der Waals surface area (Å²) < 4.78 is 21.1. The lowest BCUT2D eigenvalue weighted by molar-refractivity contribution is -0.0234. The van der Waals surface area contributed by atoms with Crippen LogP contribution in [0.15, 0.2) is 36.4 Å². The highest BCUT2D eigenvalue weighted by Gasteiger charge is 2.32. The molecule has 0 aliphatic heterocycles. The minimum absolute atomic E-state index is 0.0945. The van der Waals surface area contributed by atoms with Crippen molar-refractivity contribution < 1.29 is 14.1 Å². The zero-order valence-electron chi connectivity index (χ0n) is 22.6. The van der Waals surface area contributed by atoms with E-state index >= 15 is 0 Å². The van der Waals surface area contributed by atoms with E-state index in [1.165, 1.54) is 22.3 Å². The van der Waals surface area contributed by atoms with Crippen molar-refractivity contribution in [2.45, 2.75) is 99.3 Å². The summed E-state index contributed by atoms with van der Waals surface area (Å²) in [4.78, 5) is 0. The molecule has 0 aromatic heterocycles. The molecule has 2 rings (SSSR count). The second kappa shape index (κ2) is 11.8. The first-order valence-corrected chi connectivity index (χ1v) is 13.9. The lowest BCUT2D eigenvalue weighted by atomic mass is 9.70. The van der Waals surface area contributed by atoms with Crippen LogP contribution in [-0.4, -0.2) is 27.3 Å². The highest BCUT2D eigenvalue weighted by Crippen LogP contribution is 2.41. The van der Waals surface area contributed by atoms with E-state index in [4.69, 9.17) is 4.74 Å². The molecule has 0 radical (unpaired) electrons. The number of hydrogen-bond donors (Lipinski definition) is 2. The average molecular weight is 488 g/mol. The van der Waals surface area contributed by atoms with Crippen LogP contribution in [0.1, 0.15) is 89.1 Å². The third kappa shape index (κ3) is 6.50. The van der Waals surface area contributed by atoms with Crippen molar-refractivity contribution in [3.63, 3.8) is 0 Å². The Balaban J connectivity index is 2.36. The molecule has 0 saturated carbocycles. The lowest BCUT2D eigenvalue weighted by Gasteiger charge is -2.35. The van der Waals surface area contributed by atoms with Gasteiger partial charge in [0.15, 0.2) is 0 Å². The molecule has 4 nitrogen and oxygen atoms in total. The summed E-state index contributed by atoms with van der Waals surface area (Å²) in [7, 11) is -0.986. The van der Waals surface area contributed by atoms with E-state index in [1.54, 1.807) is 0 Å². The number of ether oxygens (including phenoxy) is 1. The summed E-state index contributed by atoms with van der Waals surface area (Å²) in [5.74, 6) is 1.43. The van der Waals surface area contributed by atoms with Gasteiger partial charge in [0.05, 0.1) is 17.1 Å². The third-order valence-corrected chi connectivity index (χ3v) is 8.15. The molecule has 0 aliphatic rings. The fraction of sp³-hybridized carbons (Fsp3) is 0.586. The van der Waals surface area contributed by atoms with Crippen molar-refractivity contribution in [2.24, 2.45) is 5.41 Å². The summed E-state index contributed by atoms with van der Waals surface area (Å²) in [6.07, 6.45) is 1.12. The smallest absolute Gasteiger partial charge is 0.122 e. The number of nitrogens with one attached hydrogen (secondary N) is 1. The predicted octanol–water partition coefficient (Wildman–Crippen LogP) is 6.36. The summed E-state index contributed by atoms with van der Waals surface area (Å²) in [5.41, 5.74) is 5.73. The van der Waals surface area contributed by atoms with Crippen LogP contribution >= 0.6 is 0 Å². The highest BCUT2D eigenvalue weighted by atomic mass is 32.2. The first-order valence-electron chi connectivity index (χ1n) is 12.6. The fourth-order valence-electron chi connectivity index (χ4n) is 4.73. The van der Waals surface area contributed by atoms with Crippen LogP contribution in [0.2, 0.25) is 0 Å². The number of aliphatic hydroxyl groups is 1. The normalized spacial score (nSPS) is 15.1. The molecule has 0 bridgehead atoms. The Morgan fingerprint density at radius 3 is 2.00 bits per heavy atom. The molecule has 190 valence electrons. The van der Waals surface area contributed by atoms with Crippen LogP contribution in [0.5, 0.6) is 5.75 Å². The monoisotopic (exact) mass is 487 g/mol. The Morgan fingerprint density at radius 1 is 0.971 bits per heavy atom. The Bertz CT molecular complexity index is 976. The van der Waals surface area contributed by atoms with E-state index in [9.17, 15) is 9.32 Å². The van der Waals surface area contributed by atoms with Crippen LogP contribution < -0.4 is 9.46 Å². The lowest BCUT2D eigenvalue weighted by Crippen LogP contribution is -2.39. The Kier molecular flexibility index (Phi) is 9.93. The van der Waals surface area contributed by atoms with Gasteiger partial charge in [0.25, 0.3) is 0 Å². The number of aliphatic hydroxyl groups excluding tert-OH is 1. The topological polar surface area (TPSA) is 58.6 Å². The van der Waals surface area contributed by atoms with E-state index in [0.717, 1.165) is 24.2 Å². The zero-order chi connectivity index (χ0) is 25.7. The quantitative estimate of drug-likeness (QED) is 0.388. The molecule has 0 fully saturated rings. The third-order valence-electron chi connectivity index (χ3n) is 7.16. The van der Waals surface area contributed by atoms with Crippen LogP contribution in [0.25, 0.3) is 0 Å². The van der Waals surface area contributed by atoms with Crippen molar-refractivity contribution in [1.82, 2.24) is 4.72 Å². The first kappa shape index (κ1) is 28.5. The number of hydrogen-bond acceptors (Lipinski definition) is 3. The SMILES string of the molecule is CCS(=O)NCc1ccc(C(CC)(CC)c2ccc(OC(C)C(O)C(C)(C)C)c(C)c2)cc1C. The predicted molar refractivity (Wildman–Crippen MR) is 145 cm³/mol. The second-order valence-corrected chi connectivity index (χ2v) is 12.1. The minimum atomic E-state index is -0.986. The van der Waals surface area contributed by atoms with Gasteiger partial charge in [0.1, 0.15) is 11.9 Å². The van der Waals surface area contributed by atoms with E-state index in [2.05, 4.69) is 68.8 Å². The molecule has 3 atom stereocenters. The fourth-order valence-corrected chi connectivity index (χ4v) is 5.25. The molecule has 2 aromatic carbocycles. The number of aryl methyl sites for hydroxylation is 2. The van der Waals surface area contributed by atoms with Crippen molar-refractivity contribution in [2.75, 3.05) is 5.75 Å². The van der Waals surface area contributed by atoms with E-state index < -0.39 is 17.1 Å². The maximum absolute atomic E-state index is 11.8. The van der Waals surface area contributed by atoms with Gasteiger partial charge in [0, 0.05) is 17.7 Å². The van der Waals surface area contributed by atoms with E-state index in [1.807, 2.05) is 34.6 Å². The first-order chi connectivity index (χ1) is 15.9. The van der Waals surface area contributed by atoms with Crippen LogP contribution in [0.3, 0.4) is 0 Å². The van der Waals surface area contributed by atoms with Gasteiger partial charge >= 0.3 is 0 Å². The van der Waals surface area contributed by atoms with Crippen molar-refractivity contribution in [3.8, 4) is 5.75 Å². The second-order valence-electron chi connectivity index (χ2n) is 10.5. The molecular weight excluding hydrogens is 442 g/mol. The molecule has 2 N–H and O–H groups in total. The molecule has 5 heteroatoms. The molecule has 0 heterocycles. The van der Waals surface area contributed by atoms with Crippen molar-refractivity contribution >= 4 is 11.0 Å². The minimum Gasteiger partial charge on any atom is -0.488 e. The largest absolute Gasteiger partial charge is 0.488 e. The number of benzene rings is 2. The maximum Gasteiger partial charge on any atom is 0.122 e. The summed E-state index contributed by atoms with van der Waals surface area (Å²) >= 11 is 0. The van der Waals surface area contributed by atoms with Crippen LogP contribution in [0.4, 0.5) is 0 Å². The van der Waals surface area contributed by atoms with E-state index in [-0.39, 0.29) is 16.9 Å². The highest BCUT2D eigenvalue weighted by molar-refractivity contribution is 7.82. The van der Waals surface area contributed by atoms with Gasteiger partial charge in [-0.05, 0) is 72.9 Å². The van der Waals surface area contributed by atoms with Crippen molar-refractivity contribution in [1.29, 1.82) is 0 Å². The van der Waals surface area contributed by atoms with Crippen LogP contribution in [0, 0.1) is 19.3 Å². The summed E-state index contributed by atoms with van der Waals surface area (Å²) in [6.45, 7) is 19.3. The molecule has 34 heavy (non-hydrogen) atoms. The molecular formula is C29H45NO3S. The van der Waals surface area contributed by atoms with Gasteiger partial charge in [0.2, 0.25) is 0 Å². The van der Waals surface area contributed by atoms with E-state index in [0.29, 0.717) is 12.3 Å². The number of rotatable bonds is 11. The van der Waals surface area contributed by atoms with Gasteiger partial charge in [-0.25, -0.2) is 8.93 Å². The van der Waals surface area contributed by atoms with Crippen LogP contribution in [-0.2, 0) is 22.9 Å². The standard InChI is InChI=1S/C29H45NO3S/c1-10-29(11-2,24-14-13-23(20(4)17-24)19-30-34(32)12-3)25-15-16-26(21(5)18-25)33-22(6)27(31)28(7,8)9/h13-18,22,27,30-31H,10-12,19H2,1-9H3. The molecule has 0 amide bonds. The average Bonchev–Trinajstić information content (AvgIpc) is 2.79. The van der Waals surface area contributed by atoms with Gasteiger partial charge in [-0.15, -0.1) is 0 Å². The van der Waals surface area contributed by atoms with Gasteiger partial charge in [-0.1, -0.05) is 71.9 Å². The summed E-state index contributed by atoms with van der Waals surface area (Å²) in [5, 5.41) is 10.6. The van der Waals surface area contributed by atoms with Gasteiger partial charge < -0.3 is 9.84 Å². The summed E-state index contributed by atoms with van der Waals surface area (Å²) in [6, 6.07) is 13.2. The molecule has 0 aliphatic carbocycles.